The lowest BCUT2D eigenvalue weighted by Crippen LogP contribution is -2.25. The molecule has 1 N–H and O–H groups in total. The zero-order valence-electron chi connectivity index (χ0n) is 11.3. The number of nitrogens with one attached hydrogen (secondary N) is 1. The summed E-state index contributed by atoms with van der Waals surface area (Å²) < 4.78 is 0. The minimum atomic E-state index is 0.391. The lowest BCUT2D eigenvalue weighted by molar-refractivity contribution is 0.476. The SMILES string of the molecule is C[C@H](NC(Cc1cccs1)c1cccs1)c1cccs1. The maximum atomic E-state index is 3.79. The van der Waals surface area contributed by atoms with Gasteiger partial charge in [0.25, 0.3) is 0 Å². The number of hydrogen-bond donors (Lipinski definition) is 1. The predicted molar refractivity (Wildman–Crippen MR) is 91.0 cm³/mol. The van der Waals surface area contributed by atoms with Crippen LogP contribution in [-0.4, -0.2) is 0 Å². The third-order valence-corrected chi connectivity index (χ3v) is 6.23. The molecule has 3 aromatic heterocycles. The molecule has 3 aromatic rings. The van der Waals surface area contributed by atoms with E-state index in [1.807, 2.05) is 34.0 Å². The topological polar surface area (TPSA) is 12.0 Å². The summed E-state index contributed by atoms with van der Waals surface area (Å²) in [5.41, 5.74) is 0. The molecule has 1 nitrogen and oxygen atoms in total. The maximum Gasteiger partial charge on any atom is 0.0468 e. The first kappa shape index (κ1) is 14.0. The first-order valence-corrected chi connectivity index (χ1v) is 9.32. The van der Waals surface area contributed by atoms with Crippen LogP contribution in [0.2, 0.25) is 0 Å². The normalized spacial score (nSPS) is 14.2. The van der Waals surface area contributed by atoms with Crippen LogP contribution in [-0.2, 0) is 6.42 Å². The van der Waals surface area contributed by atoms with E-state index >= 15 is 0 Å². The van der Waals surface area contributed by atoms with Gasteiger partial charge in [-0.2, -0.15) is 0 Å². The van der Waals surface area contributed by atoms with Gasteiger partial charge >= 0.3 is 0 Å². The molecule has 0 spiro atoms. The van der Waals surface area contributed by atoms with Crippen molar-refractivity contribution in [3.63, 3.8) is 0 Å². The van der Waals surface area contributed by atoms with E-state index in [1.54, 1.807) is 0 Å². The van der Waals surface area contributed by atoms with Crippen LogP contribution in [0.15, 0.2) is 52.5 Å². The van der Waals surface area contributed by atoms with Crippen molar-refractivity contribution in [2.45, 2.75) is 25.4 Å². The van der Waals surface area contributed by atoms with Gasteiger partial charge in [0.05, 0.1) is 0 Å². The first-order chi connectivity index (χ1) is 9.83. The van der Waals surface area contributed by atoms with Crippen molar-refractivity contribution in [3.05, 3.63) is 67.2 Å². The molecule has 3 heterocycles. The van der Waals surface area contributed by atoms with E-state index in [4.69, 9.17) is 0 Å². The second-order valence-corrected chi connectivity index (χ2v) is 7.75. The molecule has 20 heavy (non-hydrogen) atoms. The van der Waals surface area contributed by atoms with Gasteiger partial charge < -0.3 is 5.32 Å². The van der Waals surface area contributed by atoms with Crippen molar-refractivity contribution in [3.8, 4) is 0 Å². The van der Waals surface area contributed by atoms with Crippen LogP contribution in [0, 0.1) is 0 Å². The Morgan fingerprint density at radius 3 is 2.15 bits per heavy atom. The van der Waals surface area contributed by atoms with E-state index < -0.39 is 0 Å². The van der Waals surface area contributed by atoms with Crippen molar-refractivity contribution in [1.29, 1.82) is 0 Å². The standard InChI is InChI=1S/C16H17NS3/c1-12(15-6-3-9-19-15)17-14(16-7-4-10-20-16)11-13-5-2-8-18-13/h2-10,12,14,17H,11H2,1H3/t12-,14?/m0/s1. The van der Waals surface area contributed by atoms with Gasteiger partial charge in [0.1, 0.15) is 0 Å². The summed E-state index contributed by atoms with van der Waals surface area (Å²) in [6.45, 7) is 2.25. The molecule has 2 atom stereocenters. The third-order valence-electron chi connectivity index (χ3n) is 3.29. The Morgan fingerprint density at radius 1 is 0.900 bits per heavy atom. The molecule has 0 bridgehead atoms. The average molecular weight is 320 g/mol. The Morgan fingerprint density at radius 2 is 1.55 bits per heavy atom. The highest BCUT2D eigenvalue weighted by atomic mass is 32.1. The molecule has 0 radical (unpaired) electrons. The van der Waals surface area contributed by atoms with Crippen LogP contribution < -0.4 is 5.32 Å². The second-order valence-electron chi connectivity index (χ2n) is 4.76. The monoisotopic (exact) mass is 319 g/mol. The largest absolute Gasteiger partial charge is 0.302 e. The first-order valence-electron chi connectivity index (χ1n) is 6.68. The summed E-state index contributed by atoms with van der Waals surface area (Å²) in [7, 11) is 0. The zero-order valence-corrected chi connectivity index (χ0v) is 13.7. The second kappa shape index (κ2) is 6.68. The molecule has 0 saturated carbocycles. The summed E-state index contributed by atoms with van der Waals surface area (Å²) in [5, 5.41) is 10.3. The van der Waals surface area contributed by atoms with Gasteiger partial charge in [-0.1, -0.05) is 18.2 Å². The van der Waals surface area contributed by atoms with E-state index in [-0.39, 0.29) is 0 Å². The summed E-state index contributed by atoms with van der Waals surface area (Å²) in [6, 6.07) is 13.8. The van der Waals surface area contributed by atoms with Crippen LogP contribution in [0.3, 0.4) is 0 Å². The predicted octanol–water partition coefficient (Wildman–Crippen LogP) is 5.51. The minimum absolute atomic E-state index is 0.391. The lowest BCUT2D eigenvalue weighted by Gasteiger charge is -2.21. The quantitative estimate of drug-likeness (QED) is 0.632. The van der Waals surface area contributed by atoms with Crippen molar-refractivity contribution >= 4 is 34.0 Å². The van der Waals surface area contributed by atoms with E-state index in [0.717, 1.165) is 6.42 Å². The molecule has 0 aliphatic heterocycles. The van der Waals surface area contributed by atoms with Crippen molar-refractivity contribution in [2.75, 3.05) is 0 Å². The molecule has 0 fully saturated rings. The van der Waals surface area contributed by atoms with Crippen molar-refractivity contribution in [1.82, 2.24) is 5.32 Å². The van der Waals surface area contributed by atoms with Crippen LogP contribution in [0.4, 0.5) is 0 Å². The molecule has 0 aliphatic rings. The average Bonchev–Trinajstić information content (AvgIpc) is 3.20. The van der Waals surface area contributed by atoms with Crippen LogP contribution >= 0.6 is 34.0 Å². The van der Waals surface area contributed by atoms with Gasteiger partial charge in [-0.3, -0.25) is 0 Å². The van der Waals surface area contributed by atoms with Gasteiger partial charge in [0.2, 0.25) is 0 Å². The Labute approximate surface area is 131 Å². The van der Waals surface area contributed by atoms with Crippen molar-refractivity contribution in [2.24, 2.45) is 0 Å². The fourth-order valence-corrected chi connectivity index (χ4v) is 4.57. The van der Waals surface area contributed by atoms with Gasteiger partial charge in [-0.25, -0.2) is 0 Å². The Balaban J connectivity index is 1.75. The number of rotatable bonds is 6. The molecule has 104 valence electrons. The van der Waals surface area contributed by atoms with Crippen molar-refractivity contribution < 1.29 is 0 Å². The van der Waals surface area contributed by atoms with Crippen LogP contribution in [0.25, 0.3) is 0 Å². The summed E-state index contributed by atoms with van der Waals surface area (Å²) >= 11 is 5.50. The Kier molecular flexibility index (Phi) is 4.68. The molecular formula is C16H17NS3. The highest BCUT2D eigenvalue weighted by Crippen LogP contribution is 2.28. The fraction of sp³-hybridized carbons (Fsp3) is 0.250. The van der Waals surface area contributed by atoms with Crippen LogP contribution in [0.5, 0.6) is 0 Å². The summed E-state index contributed by atoms with van der Waals surface area (Å²) in [6.07, 6.45) is 1.06. The van der Waals surface area contributed by atoms with Crippen LogP contribution in [0.1, 0.15) is 33.6 Å². The van der Waals surface area contributed by atoms with E-state index in [0.29, 0.717) is 12.1 Å². The summed E-state index contributed by atoms with van der Waals surface area (Å²) in [4.78, 5) is 4.26. The highest BCUT2D eigenvalue weighted by molar-refractivity contribution is 7.10. The molecule has 0 aliphatic carbocycles. The van der Waals surface area contributed by atoms with E-state index in [1.165, 1.54) is 14.6 Å². The van der Waals surface area contributed by atoms with Gasteiger partial charge in [-0.05, 0) is 41.3 Å². The van der Waals surface area contributed by atoms with Gasteiger partial charge in [-0.15, -0.1) is 34.0 Å². The summed E-state index contributed by atoms with van der Waals surface area (Å²) in [5.74, 6) is 0. The number of hydrogen-bond acceptors (Lipinski definition) is 4. The molecule has 3 rings (SSSR count). The molecule has 0 aromatic carbocycles. The zero-order chi connectivity index (χ0) is 13.8. The fourth-order valence-electron chi connectivity index (χ4n) is 2.28. The van der Waals surface area contributed by atoms with Gasteiger partial charge in [0.15, 0.2) is 0 Å². The van der Waals surface area contributed by atoms with E-state index in [9.17, 15) is 0 Å². The number of thiophene rings is 3. The molecular weight excluding hydrogens is 302 g/mol. The molecule has 0 amide bonds. The maximum absolute atomic E-state index is 3.79. The Bertz CT molecular complexity index is 596. The van der Waals surface area contributed by atoms with Gasteiger partial charge in [0, 0.05) is 33.1 Å². The lowest BCUT2D eigenvalue weighted by atomic mass is 10.1. The highest BCUT2D eigenvalue weighted by Gasteiger charge is 2.17. The third kappa shape index (κ3) is 3.38. The molecule has 0 saturated heterocycles. The van der Waals surface area contributed by atoms with E-state index in [2.05, 4.69) is 64.8 Å². The smallest absolute Gasteiger partial charge is 0.0468 e. The Hall–Kier alpha value is -0.940. The molecule has 1 unspecified atom stereocenters. The minimum Gasteiger partial charge on any atom is -0.302 e. The molecule has 4 heteroatoms.